The topological polar surface area (TPSA) is 53.7 Å². The van der Waals surface area contributed by atoms with E-state index < -0.39 is 0 Å². The number of nitrogens with two attached hydrogens (primary N) is 1. The molecule has 0 saturated carbocycles. The van der Waals surface area contributed by atoms with Crippen molar-refractivity contribution in [2.75, 3.05) is 20.3 Å². The maximum absolute atomic E-state index is 6.33. The number of hydrogen-bond acceptors (Lipinski definition) is 4. The highest BCUT2D eigenvalue weighted by molar-refractivity contribution is 6.32. The smallest absolute Gasteiger partial charge is 0.180 e. The van der Waals surface area contributed by atoms with Crippen LogP contribution in [0.5, 0.6) is 11.5 Å². The summed E-state index contributed by atoms with van der Waals surface area (Å²) < 4.78 is 16.8. The fourth-order valence-electron chi connectivity index (χ4n) is 2.35. The van der Waals surface area contributed by atoms with Gasteiger partial charge < -0.3 is 19.9 Å². The van der Waals surface area contributed by atoms with Crippen LogP contribution in [0, 0.1) is 0 Å². The van der Waals surface area contributed by atoms with Gasteiger partial charge in [0.1, 0.15) is 6.10 Å². The van der Waals surface area contributed by atoms with Gasteiger partial charge in [-0.25, -0.2) is 0 Å². The zero-order valence-corrected chi connectivity index (χ0v) is 12.8. The predicted molar refractivity (Wildman–Crippen MR) is 79.8 cm³/mol. The largest absolute Gasteiger partial charge is 0.493 e. The lowest BCUT2D eigenvalue weighted by molar-refractivity contribution is 0.00648. The Morgan fingerprint density at radius 2 is 2.30 bits per heavy atom. The standard InChI is InChI=1S/C15H22ClNO3/c1-10(17)6-11-7-13(16)15(14(8-11)18-2)20-12-4-3-5-19-9-12/h7-8,10,12H,3-6,9,17H2,1-2H3. The molecule has 0 bridgehead atoms. The second kappa shape index (κ2) is 7.16. The zero-order chi connectivity index (χ0) is 14.5. The van der Waals surface area contributed by atoms with Gasteiger partial charge in [0.15, 0.2) is 11.5 Å². The van der Waals surface area contributed by atoms with Crippen LogP contribution in [-0.4, -0.2) is 32.5 Å². The summed E-state index contributed by atoms with van der Waals surface area (Å²) in [7, 11) is 1.62. The molecule has 1 aromatic carbocycles. The Kier molecular flexibility index (Phi) is 5.52. The molecule has 5 heteroatoms. The van der Waals surface area contributed by atoms with Crippen LogP contribution in [0.25, 0.3) is 0 Å². The summed E-state index contributed by atoms with van der Waals surface area (Å²) in [6, 6.07) is 3.91. The van der Waals surface area contributed by atoms with Gasteiger partial charge in [-0.15, -0.1) is 0 Å². The number of halogens is 1. The molecule has 0 spiro atoms. The molecule has 2 N–H and O–H groups in total. The first-order valence-electron chi connectivity index (χ1n) is 6.96. The highest BCUT2D eigenvalue weighted by atomic mass is 35.5. The van der Waals surface area contributed by atoms with Crippen LogP contribution in [-0.2, 0) is 11.2 Å². The van der Waals surface area contributed by atoms with Crippen molar-refractivity contribution in [3.8, 4) is 11.5 Å². The number of benzene rings is 1. The molecule has 0 amide bonds. The van der Waals surface area contributed by atoms with E-state index in [4.69, 9.17) is 31.5 Å². The van der Waals surface area contributed by atoms with Crippen molar-refractivity contribution in [1.82, 2.24) is 0 Å². The van der Waals surface area contributed by atoms with Crippen molar-refractivity contribution in [3.63, 3.8) is 0 Å². The summed E-state index contributed by atoms with van der Waals surface area (Å²) in [4.78, 5) is 0. The lowest BCUT2D eigenvalue weighted by atomic mass is 10.1. The quantitative estimate of drug-likeness (QED) is 0.908. The monoisotopic (exact) mass is 299 g/mol. The third-order valence-electron chi connectivity index (χ3n) is 3.25. The van der Waals surface area contributed by atoms with Crippen LogP contribution in [0.15, 0.2) is 12.1 Å². The van der Waals surface area contributed by atoms with Crippen LogP contribution < -0.4 is 15.2 Å². The zero-order valence-electron chi connectivity index (χ0n) is 12.0. The van der Waals surface area contributed by atoms with Crippen LogP contribution in [0.4, 0.5) is 0 Å². The van der Waals surface area contributed by atoms with E-state index in [2.05, 4.69) is 0 Å². The molecule has 1 fully saturated rings. The van der Waals surface area contributed by atoms with Gasteiger partial charge in [0.2, 0.25) is 0 Å². The van der Waals surface area contributed by atoms with Crippen LogP contribution >= 0.6 is 11.6 Å². The molecule has 1 heterocycles. The Labute approximate surface area is 125 Å². The molecule has 0 aliphatic carbocycles. The summed E-state index contributed by atoms with van der Waals surface area (Å²) in [6.07, 6.45) is 2.77. The van der Waals surface area contributed by atoms with Crippen molar-refractivity contribution >= 4 is 11.6 Å². The molecule has 1 aliphatic heterocycles. The molecule has 2 unspecified atom stereocenters. The minimum absolute atomic E-state index is 0.0365. The molecule has 112 valence electrons. The second-order valence-electron chi connectivity index (χ2n) is 5.25. The minimum atomic E-state index is 0.0365. The molecule has 20 heavy (non-hydrogen) atoms. The van der Waals surface area contributed by atoms with E-state index in [1.165, 1.54) is 0 Å². The van der Waals surface area contributed by atoms with Crippen molar-refractivity contribution in [3.05, 3.63) is 22.7 Å². The first-order valence-corrected chi connectivity index (χ1v) is 7.34. The number of hydrogen-bond donors (Lipinski definition) is 1. The fraction of sp³-hybridized carbons (Fsp3) is 0.600. The van der Waals surface area contributed by atoms with Crippen molar-refractivity contribution in [2.24, 2.45) is 5.73 Å². The van der Waals surface area contributed by atoms with Gasteiger partial charge in [0.25, 0.3) is 0 Å². The number of ether oxygens (including phenoxy) is 3. The minimum Gasteiger partial charge on any atom is -0.493 e. The van der Waals surface area contributed by atoms with Gasteiger partial charge in [0.05, 0.1) is 18.7 Å². The molecule has 1 aromatic rings. The van der Waals surface area contributed by atoms with E-state index in [0.717, 1.165) is 31.4 Å². The van der Waals surface area contributed by atoms with Crippen LogP contribution in [0.1, 0.15) is 25.3 Å². The SMILES string of the molecule is COc1cc(CC(C)N)cc(Cl)c1OC1CCCOC1. The van der Waals surface area contributed by atoms with E-state index in [1.807, 2.05) is 19.1 Å². The predicted octanol–water partition coefficient (Wildman–Crippen LogP) is 2.80. The van der Waals surface area contributed by atoms with Gasteiger partial charge in [-0.05, 0) is 43.9 Å². The molecule has 1 saturated heterocycles. The molecular formula is C15H22ClNO3. The Bertz CT molecular complexity index is 445. The summed E-state index contributed by atoms with van der Waals surface area (Å²) in [5, 5.41) is 0.561. The Morgan fingerprint density at radius 1 is 1.50 bits per heavy atom. The summed E-state index contributed by atoms with van der Waals surface area (Å²) in [6.45, 7) is 3.36. The van der Waals surface area contributed by atoms with Crippen molar-refractivity contribution in [1.29, 1.82) is 0 Å². The summed E-state index contributed by atoms with van der Waals surface area (Å²) >= 11 is 6.33. The first kappa shape index (κ1) is 15.4. The number of rotatable bonds is 5. The Morgan fingerprint density at radius 3 is 2.90 bits per heavy atom. The average Bonchev–Trinajstić information content (AvgIpc) is 2.42. The molecular weight excluding hydrogens is 278 g/mol. The molecule has 0 radical (unpaired) electrons. The molecule has 0 aromatic heterocycles. The normalized spacial score (nSPS) is 20.5. The molecule has 2 rings (SSSR count). The van der Waals surface area contributed by atoms with E-state index in [0.29, 0.717) is 23.1 Å². The maximum Gasteiger partial charge on any atom is 0.180 e. The average molecular weight is 300 g/mol. The van der Waals surface area contributed by atoms with Crippen LogP contribution in [0.2, 0.25) is 5.02 Å². The summed E-state index contributed by atoms with van der Waals surface area (Å²) in [5.74, 6) is 1.25. The Hall–Kier alpha value is -0.970. The van der Waals surface area contributed by atoms with E-state index in [1.54, 1.807) is 7.11 Å². The lowest BCUT2D eigenvalue weighted by Gasteiger charge is -2.25. The first-order chi connectivity index (χ1) is 9.60. The van der Waals surface area contributed by atoms with E-state index >= 15 is 0 Å². The van der Waals surface area contributed by atoms with Gasteiger partial charge in [-0.2, -0.15) is 0 Å². The third-order valence-corrected chi connectivity index (χ3v) is 3.53. The van der Waals surface area contributed by atoms with Gasteiger partial charge in [-0.1, -0.05) is 11.6 Å². The van der Waals surface area contributed by atoms with E-state index in [-0.39, 0.29) is 12.1 Å². The maximum atomic E-state index is 6.33. The van der Waals surface area contributed by atoms with Gasteiger partial charge in [0, 0.05) is 12.6 Å². The van der Waals surface area contributed by atoms with Crippen LogP contribution in [0.3, 0.4) is 0 Å². The molecule has 1 aliphatic rings. The molecule has 4 nitrogen and oxygen atoms in total. The highest BCUT2D eigenvalue weighted by Crippen LogP contribution is 2.38. The van der Waals surface area contributed by atoms with Gasteiger partial charge >= 0.3 is 0 Å². The third kappa shape index (κ3) is 4.01. The number of methoxy groups -OCH3 is 1. The second-order valence-corrected chi connectivity index (χ2v) is 5.65. The Balaban J connectivity index is 2.18. The van der Waals surface area contributed by atoms with Crippen molar-refractivity contribution in [2.45, 2.75) is 38.3 Å². The fourth-order valence-corrected chi connectivity index (χ4v) is 2.63. The van der Waals surface area contributed by atoms with E-state index in [9.17, 15) is 0 Å². The lowest BCUT2D eigenvalue weighted by Crippen LogP contribution is -2.28. The molecule has 2 atom stereocenters. The highest BCUT2D eigenvalue weighted by Gasteiger charge is 2.20. The van der Waals surface area contributed by atoms with Crippen molar-refractivity contribution < 1.29 is 14.2 Å². The van der Waals surface area contributed by atoms with Gasteiger partial charge in [-0.3, -0.25) is 0 Å². The summed E-state index contributed by atoms with van der Waals surface area (Å²) in [5.41, 5.74) is 6.87.